The lowest BCUT2D eigenvalue weighted by molar-refractivity contribution is 0.0530. The Morgan fingerprint density at radius 2 is 2.14 bits per heavy atom. The smallest absolute Gasteiger partial charge is 0.407 e. The van der Waals surface area contributed by atoms with Crippen LogP contribution in [-0.4, -0.2) is 29.8 Å². The Hall–Kier alpha value is -2.50. The predicted molar refractivity (Wildman–Crippen MR) is 84.7 cm³/mol. The Labute approximate surface area is 129 Å². The van der Waals surface area contributed by atoms with Crippen LogP contribution in [-0.2, 0) is 4.74 Å². The summed E-state index contributed by atoms with van der Waals surface area (Å²) < 4.78 is 10.4. The molecule has 0 aliphatic carbocycles. The van der Waals surface area contributed by atoms with Gasteiger partial charge in [-0.2, -0.15) is 0 Å². The second-order valence-corrected chi connectivity index (χ2v) is 5.80. The number of alkyl carbamates (subject to hydrolysis) is 1. The van der Waals surface area contributed by atoms with Gasteiger partial charge in [-0.3, -0.25) is 0 Å². The molecule has 0 bridgehead atoms. The zero-order chi connectivity index (χ0) is 16.0. The van der Waals surface area contributed by atoms with Gasteiger partial charge in [0.05, 0.1) is 6.20 Å². The number of nitrogens with one attached hydrogen (secondary N) is 2. The van der Waals surface area contributed by atoms with Crippen LogP contribution in [0, 0.1) is 0 Å². The Kier molecular flexibility index (Phi) is 5.04. The molecule has 1 aromatic heterocycles. The molecule has 0 aliphatic rings. The van der Waals surface area contributed by atoms with Gasteiger partial charge in [0, 0.05) is 24.3 Å². The highest BCUT2D eigenvalue weighted by Gasteiger charge is 2.15. The monoisotopic (exact) mass is 303 g/mol. The molecule has 0 aliphatic heterocycles. The van der Waals surface area contributed by atoms with Crippen molar-refractivity contribution in [3.05, 3.63) is 36.9 Å². The van der Waals surface area contributed by atoms with E-state index in [1.807, 2.05) is 45.0 Å². The van der Waals surface area contributed by atoms with Crippen molar-refractivity contribution >= 4 is 11.8 Å². The molecule has 0 radical (unpaired) electrons. The van der Waals surface area contributed by atoms with Gasteiger partial charge < -0.3 is 19.8 Å². The molecule has 0 unspecified atom stereocenters. The van der Waals surface area contributed by atoms with Gasteiger partial charge in [0.25, 0.3) is 0 Å². The standard InChI is InChI=1S/C16H21N3O3/c1-16(2,3)22-15(20)19-8-7-18-13-6-4-5-12(9-13)14-10-17-11-21-14/h4-6,9-11,18H,7-8H2,1-3H3,(H,19,20). The summed E-state index contributed by atoms with van der Waals surface area (Å²) in [6, 6.07) is 7.80. The van der Waals surface area contributed by atoms with Gasteiger partial charge in [-0.1, -0.05) is 12.1 Å². The maximum atomic E-state index is 11.5. The summed E-state index contributed by atoms with van der Waals surface area (Å²) in [7, 11) is 0. The van der Waals surface area contributed by atoms with Gasteiger partial charge in [-0.25, -0.2) is 9.78 Å². The van der Waals surface area contributed by atoms with E-state index in [4.69, 9.17) is 9.15 Å². The number of hydrogen-bond acceptors (Lipinski definition) is 5. The number of benzene rings is 1. The van der Waals surface area contributed by atoms with E-state index in [-0.39, 0.29) is 0 Å². The molecule has 118 valence electrons. The summed E-state index contributed by atoms with van der Waals surface area (Å²) >= 11 is 0. The quantitative estimate of drug-likeness (QED) is 0.829. The van der Waals surface area contributed by atoms with Crippen molar-refractivity contribution in [1.29, 1.82) is 0 Å². The van der Waals surface area contributed by atoms with E-state index < -0.39 is 11.7 Å². The molecule has 2 aromatic rings. The Morgan fingerprint density at radius 3 is 2.82 bits per heavy atom. The Morgan fingerprint density at radius 1 is 1.32 bits per heavy atom. The fourth-order valence-corrected chi connectivity index (χ4v) is 1.83. The van der Waals surface area contributed by atoms with E-state index in [1.54, 1.807) is 6.20 Å². The second kappa shape index (κ2) is 6.98. The Bertz CT molecular complexity index is 603. The van der Waals surface area contributed by atoms with Crippen molar-refractivity contribution in [3.63, 3.8) is 0 Å². The van der Waals surface area contributed by atoms with Crippen LogP contribution >= 0.6 is 0 Å². The van der Waals surface area contributed by atoms with Crippen molar-refractivity contribution in [2.24, 2.45) is 0 Å². The van der Waals surface area contributed by atoms with E-state index in [2.05, 4.69) is 15.6 Å². The molecular formula is C16H21N3O3. The van der Waals surface area contributed by atoms with Crippen LogP contribution in [0.3, 0.4) is 0 Å². The molecule has 0 spiro atoms. The predicted octanol–water partition coefficient (Wildman–Crippen LogP) is 3.28. The Balaban J connectivity index is 1.78. The summed E-state index contributed by atoms with van der Waals surface area (Å²) in [6.07, 6.45) is 2.66. The van der Waals surface area contributed by atoms with Crippen LogP contribution in [0.5, 0.6) is 0 Å². The van der Waals surface area contributed by atoms with Crippen LogP contribution in [0.15, 0.2) is 41.3 Å². The first-order chi connectivity index (χ1) is 10.4. The average Bonchev–Trinajstić information content (AvgIpc) is 2.96. The molecular weight excluding hydrogens is 282 g/mol. The molecule has 0 fully saturated rings. The van der Waals surface area contributed by atoms with E-state index in [0.717, 1.165) is 17.0 Å². The molecule has 1 aromatic carbocycles. The first kappa shape index (κ1) is 15.9. The summed E-state index contributed by atoms with van der Waals surface area (Å²) in [4.78, 5) is 15.4. The molecule has 1 heterocycles. The molecule has 0 saturated carbocycles. The van der Waals surface area contributed by atoms with E-state index >= 15 is 0 Å². The van der Waals surface area contributed by atoms with Crippen molar-refractivity contribution in [1.82, 2.24) is 10.3 Å². The fraction of sp³-hybridized carbons (Fsp3) is 0.375. The van der Waals surface area contributed by atoms with Gasteiger partial charge in [0.15, 0.2) is 12.2 Å². The number of nitrogens with zero attached hydrogens (tertiary/aromatic N) is 1. The molecule has 6 heteroatoms. The summed E-state index contributed by atoms with van der Waals surface area (Å²) in [5.74, 6) is 0.718. The maximum Gasteiger partial charge on any atom is 0.407 e. The third-order valence-corrected chi connectivity index (χ3v) is 2.70. The number of aromatic nitrogens is 1. The highest BCUT2D eigenvalue weighted by molar-refractivity contribution is 5.67. The van der Waals surface area contributed by atoms with Crippen LogP contribution < -0.4 is 10.6 Å². The molecule has 2 N–H and O–H groups in total. The highest BCUT2D eigenvalue weighted by atomic mass is 16.6. The third kappa shape index (κ3) is 5.12. The first-order valence-electron chi connectivity index (χ1n) is 7.14. The first-order valence-corrected chi connectivity index (χ1v) is 7.14. The van der Waals surface area contributed by atoms with E-state index in [0.29, 0.717) is 13.1 Å². The zero-order valence-corrected chi connectivity index (χ0v) is 13.1. The number of amides is 1. The number of rotatable bonds is 5. The van der Waals surface area contributed by atoms with Crippen LogP contribution in [0.25, 0.3) is 11.3 Å². The number of oxazole rings is 1. The molecule has 0 atom stereocenters. The number of ether oxygens (including phenoxy) is 1. The van der Waals surface area contributed by atoms with Gasteiger partial charge in [0.2, 0.25) is 0 Å². The fourth-order valence-electron chi connectivity index (χ4n) is 1.83. The van der Waals surface area contributed by atoms with Gasteiger partial charge in [-0.15, -0.1) is 0 Å². The summed E-state index contributed by atoms with van der Waals surface area (Å²) in [5.41, 5.74) is 1.41. The lowest BCUT2D eigenvalue weighted by Gasteiger charge is -2.19. The molecule has 6 nitrogen and oxygen atoms in total. The van der Waals surface area contributed by atoms with Crippen LogP contribution in [0.4, 0.5) is 10.5 Å². The summed E-state index contributed by atoms with van der Waals surface area (Å²) in [6.45, 7) is 6.57. The van der Waals surface area contributed by atoms with Gasteiger partial charge >= 0.3 is 6.09 Å². The minimum Gasteiger partial charge on any atom is -0.444 e. The van der Waals surface area contributed by atoms with Gasteiger partial charge in [0.1, 0.15) is 5.60 Å². The largest absolute Gasteiger partial charge is 0.444 e. The van der Waals surface area contributed by atoms with Gasteiger partial charge in [-0.05, 0) is 32.9 Å². The maximum absolute atomic E-state index is 11.5. The average molecular weight is 303 g/mol. The number of hydrogen-bond donors (Lipinski definition) is 2. The van der Waals surface area contributed by atoms with Crippen LogP contribution in [0.1, 0.15) is 20.8 Å². The van der Waals surface area contributed by atoms with Crippen molar-refractivity contribution in [2.75, 3.05) is 18.4 Å². The second-order valence-electron chi connectivity index (χ2n) is 5.80. The molecule has 2 rings (SSSR count). The molecule has 22 heavy (non-hydrogen) atoms. The van der Waals surface area contributed by atoms with Crippen molar-refractivity contribution in [2.45, 2.75) is 26.4 Å². The lowest BCUT2D eigenvalue weighted by atomic mass is 10.1. The van der Waals surface area contributed by atoms with Crippen molar-refractivity contribution < 1.29 is 13.9 Å². The summed E-state index contributed by atoms with van der Waals surface area (Å²) in [5, 5.41) is 5.93. The van der Waals surface area contributed by atoms with Crippen molar-refractivity contribution in [3.8, 4) is 11.3 Å². The molecule has 1 amide bonds. The minimum absolute atomic E-state index is 0.412. The SMILES string of the molecule is CC(C)(C)OC(=O)NCCNc1cccc(-c2cnco2)c1. The zero-order valence-electron chi connectivity index (χ0n) is 13.1. The third-order valence-electron chi connectivity index (χ3n) is 2.70. The van der Waals surface area contributed by atoms with E-state index in [9.17, 15) is 4.79 Å². The molecule has 0 saturated heterocycles. The number of anilines is 1. The topological polar surface area (TPSA) is 76.4 Å². The highest BCUT2D eigenvalue weighted by Crippen LogP contribution is 2.21. The van der Waals surface area contributed by atoms with E-state index in [1.165, 1.54) is 6.39 Å². The minimum atomic E-state index is -0.483. The lowest BCUT2D eigenvalue weighted by Crippen LogP contribution is -2.34. The normalized spacial score (nSPS) is 11.0. The number of carbonyl (C=O) groups is 1. The van der Waals surface area contributed by atoms with Crippen LogP contribution in [0.2, 0.25) is 0 Å². The number of carbonyl (C=O) groups excluding carboxylic acids is 1.